The molecule has 0 aliphatic rings. The van der Waals surface area contributed by atoms with E-state index in [1.165, 1.54) is 11.9 Å². The third-order valence-electron chi connectivity index (χ3n) is 3.58. The fourth-order valence-electron chi connectivity index (χ4n) is 2.19. The molecule has 0 radical (unpaired) electrons. The largest absolute Gasteiger partial charge is 0.437 e. The normalized spacial score (nSPS) is 10.4. The summed E-state index contributed by atoms with van der Waals surface area (Å²) in [4.78, 5) is 12.4. The summed E-state index contributed by atoms with van der Waals surface area (Å²) in [5, 5.41) is 3.18. The molecule has 6 nitrogen and oxygen atoms in total. The number of nitrogens with one attached hydrogen (secondary N) is 1. The molecule has 0 atom stereocenters. The van der Waals surface area contributed by atoms with E-state index in [0.717, 1.165) is 12.0 Å². The number of nitrogens with two attached hydrogens (primary N) is 1. The van der Waals surface area contributed by atoms with E-state index in [-0.39, 0.29) is 0 Å². The van der Waals surface area contributed by atoms with Crippen molar-refractivity contribution in [3.05, 3.63) is 66.2 Å². The number of nitrogens with zero attached hydrogens (tertiary/aromatic N) is 3. The zero-order valence-corrected chi connectivity index (χ0v) is 13.4. The van der Waals surface area contributed by atoms with Gasteiger partial charge in [-0.3, -0.25) is 4.98 Å². The van der Waals surface area contributed by atoms with E-state index < -0.39 is 0 Å². The third kappa shape index (κ3) is 3.78. The van der Waals surface area contributed by atoms with Gasteiger partial charge in [0.1, 0.15) is 17.8 Å². The van der Waals surface area contributed by atoms with Gasteiger partial charge in [0.2, 0.25) is 5.88 Å². The number of aryl methyl sites for hydroxylation is 1. The first-order valence-electron chi connectivity index (χ1n) is 7.76. The zero-order valence-electron chi connectivity index (χ0n) is 13.4. The van der Waals surface area contributed by atoms with Crippen LogP contribution < -0.4 is 15.8 Å². The Hall–Kier alpha value is -3.15. The van der Waals surface area contributed by atoms with E-state index in [2.05, 4.69) is 27.2 Å². The highest BCUT2D eigenvalue weighted by Crippen LogP contribution is 2.29. The smallest absolute Gasteiger partial charge is 0.248 e. The molecule has 6 heteroatoms. The molecule has 122 valence electrons. The molecule has 0 bridgehead atoms. The molecule has 0 aliphatic heterocycles. The van der Waals surface area contributed by atoms with Gasteiger partial charge in [-0.05, 0) is 35.7 Å². The van der Waals surface area contributed by atoms with Gasteiger partial charge in [-0.1, -0.05) is 25.1 Å². The molecule has 3 rings (SSSR count). The Morgan fingerprint density at radius 2 is 1.92 bits per heavy atom. The highest BCUT2D eigenvalue weighted by Gasteiger charge is 2.10. The summed E-state index contributed by atoms with van der Waals surface area (Å²) in [6.45, 7) is 2.68. The molecule has 2 heterocycles. The van der Waals surface area contributed by atoms with Crippen molar-refractivity contribution >= 4 is 11.5 Å². The standard InChI is InChI=1S/C18H19N5O/c1-2-13-5-7-15(8-6-13)24-18-16(19)17(22-12-23-18)21-11-14-4-3-9-20-10-14/h3-10,12H,2,11,19H2,1H3,(H,21,22,23). The van der Waals surface area contributed by atoms with E-state index in [4.69, 9.17) is 10.5 Å². The molecule has 0 saturated heterocycles. The van der Waals surface area contributed by atoms with E-state index in [1.54, 1.807) is 12.4 Å². The summed E-state index contributed by atoms with van der Waals surface area (Å²) < 4.78 is 5.77. The van der Waals surface area contributed by atoms with E-state index in [0.29, 0.717) is 29.7 Å². The summed E-state index contributed by atoms with van der Waals surface area (Å²) in [5.41, 5.74) is 8.78. The maximum absolute atomic E-state index is 6.12. The third-order valence-corrected chi connectivity index (χ3v) is 3.58. The van der Waals surface area contributed by atoms with Gasteiger partial charge in [-0.15, -0.1) is 0 Å². The van der Waals surface area contributed by atoms with Crippen molar-refractivity contribution in [3.8, 4) is 11.6 Å². The van der Waals surface area contributed by atoms with Crippen molar-refractivity contribution in [1.82, 2.24) is 15.0 Å². The maximum Gasteiger partial charge on any atom is 0.248 e. The lowest BCUT2D eigenvalue weighted by atomic mass is 10.2. The molecule has 1 aromatic carbocycles. The van der Waals surface area contributed by atoms with E-state index >= 15 is 0 Å². The summed E-state index contributed by atoms with van der Waals surface area (Å²) in [5.74, 6) is 1.56. The first-order chi connectivity index (χ1) is 11.8. The number of hydrogen-bond acceptors (Lipinski definition) is 6. The number of rotatable bonds is 6. The average Bonchev–Trinajstić information content (AvgIpc) is 2.64. The lowest BCUT2D eigenvalue weighted by Crippen LogP contribution is -2.06. The zero-order chi connectivity index (χ0) is 16.8. The number of anilines is 2. The highest BCUT2D eigenvalue weighted by atomic mass is 16.5. The SMILES string of the molecule is CCc1ccc(Oc2ncnc(NCc3cccnc3)c2N)cc1. The van der Waals surface area contributed by atoms with Crippen molar-refractivity contribution < 1.29 is 4.74 Å². The highest BCUT2D eigenvalue weighted by molar-refractivity contribution is 5.67. The predicted octanol–water partition coefficient (Wildman–Crippen LogP) is 3.42. The van der Waals surface area contributed by atoms with Gasteiger partial charge in [-0.25, -0.2) is 4.98 Å². The first kappa shape index (κ1) is 15.7. The molecule has 3 N–H and O–H groups in total. The molecule has 0 fully saturated rings. The number of aromatic nitrogens is 3. The molecule has 0 saturated carbocycles. The Kier molecular flexibility index (Phi) is 4.86. The predicted molar refractivity (Wildman–Crippen MR) is 93.9 cm³/mol. The van der Waals surface area contributed by atoms with Gasteiger partial charge >= 0.3 is 0 Å². The van der Waals surface area contributed by atoms with Crippen LogP contribution in [0.25, 0.3) is 0 Å². The quantitative estimate of drug-likeness (QED) is 0.723. The summed E-state index contributed by atoms with van der Waals surface area (Å²) >= 11 is 0. The molecule has 24 heavy (non-hydrogen) atoms. The second kappa shape index (κ2) is 7.41. The number of ether oxygens (including phenoxy) is 1. The average molecular weight is 321 g/mol. The molecule has 3 aromatic rings. The number of pyridine rings is 1. The van der Waals surface area contributed by atoms with Crippen LogP contribution in [0.4, 0.5) is 11.5 Å². The fraction of sp³-hybridized carbons (Fsp3) is 0.167. The van der Waals surface area contributed by atoms with Crippen LogP contribution in [0.5, 0.6) is 11.6 Å². The number of benzene rings is 1. The molecular weight excluding hydrogens is 302 g/mol. The minimum Gasteiger partial charge on any atom is -0.437 e. The van der Waals surface area contributed by atoms with Crippen molar-refractivity contribution in [2.45, 2.75) is 19.9 Å². The van der Waals surface area contributed by atoms with Gasteiger partial charge in [0.05, 0.1) is 0 Å². The minimum atomic E-state index is 0.336. The van der Waals surface area contributed by atoms with Gasteiger partial charge in [0.15, 0.2) is 5.82 Å². The molecule has 2 aromatic heterocycles. The summed E-state index contributed by atoms with van der Waals surface area (Å²) in [6, 6.07) is 11.7. The Morgan fingerprint density at radius 1 is 1.08 bits per heavy atom. The summed E-state index contributed by atoms with van der Waals surface area (Å²) in [7, 11) is 0. The van der Waals surface area contributed by atoms with Crippen molar-refractivity contribution in [1.29, 1.82) is 0 Å². The monoisotopic (exact) mass is 321 g/mol. The van der Waals surface area contributed by atoms with Gasteiger partial charge in [0.25, 0.3) is 0 Å². The Bertz CT molecular complexity index is 790. The Balaban J connectivity index is 1.72. The molecule has 0 aliphatic carbocycles. The van der Waals surface area contributed by atoms with Gasteiger partial charge < -0.3 is 15.8 Å². The second-order valence-electron chi connectivity index (χ2n) is 5.26. The van der Waals surface area contributed by atoms with Crippen LogP contribution in [0.2, 0.25) is 0 Å². The van der Waals surface area contributed by atoms with Crippen LogP contribution in [0, 0.1) is 0 Å². The van der Waals surface area contributed by atoms with E-state index in [9.17, 15) is 0 Å². The van der Waals surface area contributed by atoms with Crippen molar-refractivity contribution in [2.75, 3.05) is 11.1 Å². The number of hydrogen-bond donors (Lipinski definition) is 2. The topological polar surface area (TPSA) is 86.0 Å². The molecule has 0 amide bonds. The van der Waals surface area contributed by atoms with Gasteiger partial charge in [0, 0.05) is 18.9 Å². The Labute approximate surface area is 140 Å². The van der Waals surface area contributed by atoms with Crippen LogP contribution in [0.1, 0.15) is 18.1 Å². The van der Waals surface area contributed by atoms with Crippen molar-refractivity contribution in [3.63, 3.8) is 0 Å². The minimum absolute atomic E-state index is 0.336. The molecule has 0 unspecified atom stereocenters. The van der Waals surface area contributed by atoms with Gasteiger partial charge in [-0.2, -0.15) is 4.98 Å². The fourth-order valence-corrected chi connectivity index (χ4v) is 2.19. The molecule has 0 spiro atoms. The second-order valence-corrected chi connectivity index (χ2v) is 5.26. The lowest BCUT2D eigenvalue weighted by molar-refractivity contribution is 0.464. The van der Waals surface area contributed by atoms with Crippen molar-refractivity contribution in [2.24, 2.45) is 0 Å². The first-order valence-corrected chi connectivity index (χ1v) is 7.76. The van der Waals surface area contributed by atoms with Crippen LogP contribution in [0.3, 0.4) is 0 Å². The van der Waals surface area contributed by atoms with E-state index in [1.807, 2.05) is 36.4 Å². The van der Waals surface area contributed by atoms with Crippen LogP contribution in [-0.4, -0.2) is 15.0 Å². The maximum atomic E-state index is 6.12. The summed E-state index contributed by atoms with van der Waals surface area (Å²) in [6.07, 6.45) is 5.94. The Morgan fingerprint density at radius 3 is 2.62 bits per heavy atom. The van der Waals surface area contributed by atoms with Crippen LogP contribution in [-0.2, 0) is 13.0 Å². The number of nitrogen functional groups attached to an aromatic ring is 1. The van der Waals surface area contributed by atoms with Crippen LogP contribution in [0.15, 0.2) is 55.1 Å². The molecular formula is C18H19N5O. The van der Waals surface area contributed by atoms with Crippen LogP contribution >= 0.6 is 0 Å². The lowest BCUT2D eigenvalue weighted by Gasteiger charge is -2.12.